The number of aromatic nitrogens is 2. The number of rotatable bonds is 4. The molecule has 0 aliphatic heterocycles. The van der Waals surface area contributed by atoms with Crippen LogP contribution >= 0.6 is 12.6 Å². The molecule has 0 aliphatic carbocycles. The first kappa shape index (κ1) is 13.9. The molecule has 0 N–H and O–H groups in total. The van der Waals surface area contributed by atoms with E-state index >= 15 is 0 Å². The van der Waals surface area contributed by atoms with E-state index < -0.39 is 0 Å². The molecule has 0 fully saturated rings. The van der Waals surface area contributed by atoms with Crippen LogP contribution in [0.2, 0.25) is 0 Å². The average molecular weight is 274 g/mol. The summed E-state index contributed by atoms with van der Waals surface area (Å²) in [5.74, 6) is 0.912. The van der Waals surface area contributed by atoms with E-state index in [2.05, 4.69) is 29.7 Å². The topological polar surface area (TPSA) is 34.9 Å². The molecule has 2 rings (SSSR count). The Bertz CT molecular complexity index is 607. The van der Waals surface area contributed by atoms with Crippen LogP contribution in [0.5, 0.6) is 0 Å². The fourth-order valence-electron chi connectivity index (χ4n) is 2.21. The highest BCUT2D eigenvalue weighted by Gasteiger charge is 2.13. The van der Waals surface area contributed by atoms with Crippen LogP contribution in [0.4, 0.5) is 0 Å². The fourth-order valence-corrected chi connectivity index (χ4v) is 2.54. The lowest BCUT2D eigenvalue weighted by atomic mass is 10.0. The molecule has 0 spiro atoms. The lowest BCUT2D eigenvalue weighted by molar-refractivity contribution is 0.559. The Morgan fingerprint density at radius 2 is 1.95 bits per heavy atom. The van der Waals surface area contributed by atoms with Crippen molar-refractivity contribution in [1.82, 2.24) is 9.55 Å². The normalized spacial score (nSPS) is 12.4. The molecule has 1 aromatic carbocycles. The Morgan fingerprint density at radius 1 is 1.26 bits per heavy atom. The van der Waals surface area contributed by atoms with E-state index in [1.807, 2.05) is 38.1 Å². The van der Waals surface area contributed by atoms with E-state index in [4.69, 9.17) is 0 Å². The van der Waals surface area contributed by atoms with Crippen molar-refractivity contribution >= 4 is 12.6 Å². The molecule has 4 heteroatoms. The molecule has 3 nitrogen and oxygen atoms in total. The average Bonchev–Trinajstić information content (AvgIpc) is 2.39. The highest BCUT2D eigenvalue weighted by Crippen LogP contribution is 2.19. The number of benzene rings is 1. The van der Waals surface area contributed by atoms with E-state index in [0.29, 0.717) is 12.3 Å². The van der Waals surface area contributed by atoms with E-state index in [1.54, 1.807) is 4.57 Å². The minimum absolute atomic E-state index is 0.180. The van der Waals surface area contributed by atoms with Gasteiger partial charge in [0.1, 0.15) is 0 Å². The van der Waals surface area contributed by atoms with Crippen LogP contribution in [0.15, 0.2) is 41.2 Å². The summed E-state index contributed by atoms with van der Waals surface area (Å²) in [4.78, 5) is 16.0. The molecule has 0 saturated carbocycles. The summed E-state index contributed by atoms with van der Waals surface area (Å²) in [7, 11) is 0. The monoisotopic (exact) mass is 274 g/mol. The van der Waals surface area contributed by atoms with Crippen molar-refractivity contribution in [3.63, 3.8) is 0 Å². The van der Waals surface area contributed by atoms with E-state index in [1.165, 1.54) is 5.56 Å². The van der Waals surface area contributed by atoms with Gasteiger partial charge in [-0.15, -0.1) is 0 Å². The highest BCUT2D eigenvalue weighted by atomic mass is 32.1. The molecule has 0 radical (unpaired) electrons. The first-order valence-electron chi connectivity index (χ1n) is 6.32. The second kappa shape index (κ2) is 6.06. The predicted octanol–water partition coefficient (Wildman–Crippen LogP) is 2.57. The zero-order valence-corrected chi connectivity index (χ0v) is 12.1. The van der Waals surface area contributed by atoms with Crippen molar-refractivity contribution in [2.24, 2.45) is 0 Å². The van der Waals surface area contributed by atoms with Gasteiger partial charge >= 0.3 is 5.69 Å². The molecule has 0 aliphatic rings. The number of nitrogens with zero attached hydrogens (tertiary/aromatic N) is 2. The number of hydrogen-bond donors (Lipinski definition) is 1. The van der Waals surface area contributed by atoms with Crippen LogP contribution < -0.4 is 5.69 Å². The number of thiol groups is 1. The Hall–Kier alpha value is -1.55. The first-order valence-corrected chi connectivity index (χ1v) is 6.96. The van der Waals surface area contributed by atoms with Crippen molar-refractivity contribution in [2.75, 3.05) is 5.75 Å². The summed E-state index contributed by atoms with van der Waals surface area (Å²) in [5, 5.41) is 0. The van der Waals surface area contributed by atoms with Crippen LogP contribution in [0, 0.1) is 13.8 Å². The molecule has 2 aromatic rings. The Balaban J connectivity index is 2.32. The largest absolute Gasteiger partial charge is 0.347 e. The lowest BCUT2D eigenvalue weighted by Gasteiger charge is -2.18. The highest BCUT2D eigenvalue weighted by molar-refractivity contribution is 7.80. The van der Waals surface area contributed by atoms with E-state index in [0.717, 1.165) is 11.4 Å². The maximum Gasteiger partial charge on any atom is 0.347 e. The molecule has 100 valence electrons. The van der Waals surface area contributed by atoms with E-state index in [-0.39, 0.29) is 11.6 Å². The Kier molecular flexibility index (Phi) is 4.43. The third-order valence-corrected chi connectivity index (χ3v) is 3.68. The van der Waals surface area contributed by atoms with Gasteiger partial charge in [-0.1, -0.05) is 30.3 Å². The van der Waals surface area contributed by atoms with Gasteiger partial charge in [-0.3, -0.25) is 4.57 Å². The van der Waals surface area contributed by atoms with Crippen molar-refractivity contribution < 1.29 is 0 Å². The summed E-state index contributed by atoms with van der Waals surface area (Å²) >= 11 is 4.41. The van der Waals surface area contributed by atoms with Crippen LogP contribution in [-0.2, 0) is 6.54 Å². The van der Waals surface area contributed by atoms with Gasteiger partial charge in [0.25, 0.3) is 0 Å². The molecule has 19 heavy (non-hydrogen) atoms. The van der Waals surface area contributed by atoms with Crippen molar-refractivity contribution in [3.8, 4) is 0 Å². The van der Waals surface area contributed by atoms with Crippen LogP contribution in [0.1, 0.15) is 22.9 Å². The van der Waals surface area contributed by atoms with Crippen LogP contribution in [0.3, 0.4) is 0 Å². The van der Waals surface area contributed by atoms with Crippen molar-refractivity contribution in [2.45, 2.75) is 26.3 Å². The first-order chi connectivity index (χ1) is 9.11. The standard InChI is InChI=1S/C15H18N2OS/c1-11-8-12(2)17(15(18)16-11)9-14(10-19)13-6-4-3-5-7-13/h3-8,14,19H,9-10H2,1-2H3. The number of hydrogen-bond acceptors (Lipinski definition) is 3. The minimum Gasteiger partial charge on any atom is -0.296 e. The number of aryl methyl sites for hydroxylation is 2. The molecular weight excluding hydrogens is 256 g/mol. The third-order valence-electron chi connectivity index (χ3n) is 3.24. The molecule has 0 amide bonds. The maximum atomic E-state index is 12.0. The molecule has 1 aromatic heterocycles. The SMILES string of the molecule is Cc1cc(C)n(CC(CS)c2ccccc2)c(=O)n1. The van der Waals surface area contributed by atoms with Crippen LogP contribution in [-0.4, -0.2) is 15.3 Å². The Morgan fingerprint density at radius 3 is 2.53 bits per heavy atom. The van der Waals surface area contributed by atoms with Crippen molar-refractivity contribution in [3.05, 3.63) is 63.8 Å². The van der Waals surface area contributed by atoms with Crippen molar-refractivity contribution in [1.29, 1.82) is 0 Å². The van der Waals surface area contributed by atoms with Gasteiger partial charge in [0, 0.05) is 23.9 Å². The lowest BCUT2D eigenvalue weighted by Crippen LogP contribution is -2.28. The van der Waals surface area contributed by atoms with Gasteiger partial charge < -0.3 is 0 Å². The minimum atomic E-state index is -0.180. The van der Waals surface area contributed by atoms with Gasteiger partial charge in [-0.2, -0.15) is 17.6 Å². The van der Waals surface area contributed by atoms with E-state index in [9.17, 15) is 4.79 Å². The van der Waals surface area contributed by atoms with Crippen LogP contribution in [0.25, 0.3) is 0 Å². The molecule has 1 heterocycles. The molecular formula is C15H18N2OS. The smallest absolute Gasteiger partial charge is 0.296 e. The summed E-state index contributed by atoms with van der Waals surface area (Å²) in [6, 6.07) is 12.1. The van der Waals surface area contributed by atoms with Gasteiger partial charge in [-0.05, 0) is 31.2 Å². The van der Waals surface area contributed by atoms with Gasteiger partial charge in [0.15, 0.2) is 0 Å². The van der Waals surface area contributed by atoms with Gasteiger partial charge in [-0.25, -0.2) is 4.79 Å². The second-order valence-corrected chi connectivity index (χ2v) is 5.09. The molecule has 1 unspecified atom stereocenters. The maximum absolute atomic E-state index is 12.0. The summed E-state index contributed by atoms with van der Waals surface area (Å²) < 4.78 is 1.72. The molecule has 0 saturated heterocycles. The summed E-state index contributed by atoms with van der Waals surface area (Å²) in [6.07, 6.45) is 0. The predicted molar refractivity (Wildman–Crippen MR) is 81.0 cm³/mol. The second-order valence-electron chi connectivity index (χ2n) is 4.72. The zero-order chi connectivity index (χ0) is 13.8. The molecule has 1 atom stereocenters. The molecule has 0 bridgehead atoms. The zero-order valence-electron chi connectivity index (χ0n) is 11.2. The summed E-state index contributed by atoms with van der Waals surface area (Å²) in [5.41, 5.74) is 2.73. The van der Waals surface area contributed by atoms with Gasteiger partial charge in [0.05, 0.1) is 0 Å². The quantitative estimate of drug-likeness (QED) is 0.870. The van der Waals surface area contributed by atoms with Gasteiger partial charge in [0.2, 0.25) is 0 Å². The summed E-state index contributed by atoms with van der Waals surface area (Å²) in [6.45, 7) is 4.40. The third kappa shape index (κ3) is 3.26. The Labute approximate surface area is 118 Å². The fraction of sp³-hybridized carbons (Fsp3) is 0.333.